The first-order valence-corrected chi connectivity index (χ1v) is 6.89. The predicted octanol–water partition coefficient (Wildman–Crippen LogP) is 2.81. The fraction of sp³-hybridized carbons (Fsp3) is 0.643. The van der Waals surface area contributed by atoms with Crippen LogP contribution in [0.3, 0.4) is 0 Å². The van der Waals surface area contributed by atoms with E-state index in [1.807, 2.05) is 13.1 Å². The van der Waals surface area contributed by atoms with Crippen molar-refractivity contribution in [2.45, 2.75) is 38.6 Å². The fourth-order valence-corrected chi connectivity index (χ4v) is 2.97. The van der Waals surface area contributed by atoms with Gasteiger partial charge in [0, 0.05) is 29.2 Å². The summed E-state index contributed by atoms with van der Waals surface area (Å²) in [6.07, 6.45) is 4.15. The summed E-state index contributed by atoms with van der Waals surface area (Å²) < 4.78 is 5.41. The zero-order valence-corrected chi connectivity index (χ0v) is 12.0. The zero-order valence-electron chi connectivity index (χ0n) is 11.3. The van der Waals surface area contributed by atoms with E-state index in [1.54, 1.807) is 7.11 Å². The molecule has 1 N–H and O–H groups in total. The number of nitrogens with one attached hydrogen (secondary N) is 1. The number of alkyl halides is 1. The van der Waals surface area contributed by atoms with Gasteiger partial charge in [0.05, 0.1) is 12.8 Å². The second-order valence-electron chi connectivity index (χ2n) is 5.11. The second-order valence-corrected chi connectivity index (χ2v) is 5.73. The van der Waals surface area contributed by atoms with Crippen LogP contribution in [0.25, 0.3) is 0 Å². The molecule has 0 atom stereocenters. The molecule has 1 saturated carbocycles. The molecule has 1 aliphatic carbocycles. The summed E-state index contributed by atoms with van der Waals surface area (Å²) in [5.74, 6) is 1.69. The van der Waals surface area contributed by atoms with Crippen LogP contribution in [0.4, 0.5) is 0 Å². The summed E-state index contributed by atoms with van der Waals surface area (Å²) >= 11 is 5.97. The molecule has 1 aromatic rings. The van der Waals surface area contributed by atoms with Gasteiger partial charge in [0.25, 0.3) is 0 Å². The molecule has 3 nitrogen and oxygen atoms in total. The second kappa shape index (κ2) is 5.89. The van der Waals surface area contributed by atoms with Gasteiger partial charge in [-0.3, -0.25) is 4.98 Å². The monoisotopic (exact) mass is 268 g/mol. The summed E-state index contributed by atoms with van der Waals surface area (Å²) in [4.78, 5) is 4.47. The fourth-order valence-electron chi connectivity index (χ4n) is 2.47. The molecule has 1 heterocycles. The van der Waals surface area contributed by atoms with Crippen LogP contribution < -0.4 is 10.1 Å². The molecule has 1 aromatic heterocycles. The molecule has 1 aliphatic rings. The Bertz CT molecular complexity index is 417. The topological polar surface area (TPSA) is 34.1 Å². The van der Waals surface area contributed by atoms with E-state index in [4.69, 9.17) is 16.3 Å². The Morgan fingerprint density at radius 2 is 2.17 bits per heavy atom. The van der Waals surface area contributed by atoms with Gasteiger partial charge >= 0.3 is 0 Å². The van der Waals surface area contributed by atoms with E-state index in [2.05, 4.69) is 17.2 Å². The number of hydrogen-bond donors (Lipinski definition) is 1. The highest BCUT2D eigenvalue weighted by Crippen LogP contribution is 2.31. The molecule has 0 aromatic carbocycles. The number of nitrogens with zero attached hydrogens (tertiary/aromatic N) is 1. The number of halogens is 1. The van der Waals surface area contributed by atoms with E-state index < -0.39 is 0 Å². The van der Waals surface area contributed by atoms with Crippen molar-refractivity contribution in [1.82, 2.24) is 10.3 Å². The molecule has 4 heteroatoms. The molecular weight excluding hydrogens is 248 g/mol. The molecule has 2 rings (SSSR count). The average Bonchev–Trinajstić information content (AvgIpc) is 2.30. The molecule has 0 unspecified atom stereocenters. The summed E-state index contributed by atoms with van der Waals surface area (Å²) in [6, 6.07) is 0. The lowest BCUT2D eigenvalue weighted by molar-refractivity contribution is 0.307. The maximum atomic E-state index is 5.97. The first kappa shape index (κ1) is 13.6. The number of aryl methyl sites for hydroxylation is 1. The van der Waals surface area contributed by atoms with Crippen molar-refractivity contribution in [3.63, 3.8) is 0 Å². The quantitative estimate of drug-likeness (QED) is 0.834. The van der Waals surface area contributed by atoms with Crippen LogP contribution >= 0.6 is 11.6 Å². The first-order chi connectivity index (χ1) is 8.61. The van der Waals surface area contributed by atoms with Crippen LogP contribution in [0, 0.1) is 19.8 Å². The lowest BCUT2D eigenvalue weighted by Crippen LogP contribution is -2.33. The number of pyridine rings is 1. The first-order valence-electron chi connectivity index (χ1n) is 6.45. The molecule has 18 heavy (non-hydrogen) atoms. The molecule has 0 saturated heterocycles. The van der Waals surface area contributed by atoms with Crippen molar-refractivity contribution < 1.29 is 4.74 Å². The highest BCUT2D eigenvalue weighted by molar-refractivity contribution is 6.21. The lowest BCUT2D eigenvalue weighted by atomic mass is 9.85. The molecule has 1 fully saturated rings. The van der Waals surface area contributed by atoms with Gasteiger partial charge in [-0.2, -0.15) is 0 Å². The van der Waals surface area contributed by atoms with Crippen LogP contribution in [0.1, 0.15) is 29.7 Å². The third kappa shape index (κ3) is 2.96. The highest BCUT2D eigenvalue weighted by Gasteiger charge is 2.26. The minimum Gasteiger partial charge on any atom is -0.496 e. The summed E-state index contributed by atoms with van der Waals surface area (Å²) in [5, 5.41) is 3.86. The summed E-state index contributed by atoms with van der Waals surface area (Å²) in [7, 11) is 1.71. The molecule has 0 bridgehead atoms. The Morgan fingerprint density at radius 1 is 1.44 bits per heavy atom. The Morgan fingerprint density at radius 3 is 2.78 bits per heavy atom. The lowest BCUT2D eigenvalue weighted by Gasteiger charge is -2.31. The molecule has 0 amide bonds. The van der Waals surface area contributed by atoms with Crippen LogP contribution in [0.15, 0.2) is 6.20 Å². The van der Waals surface area contributed by atoms with Crippen molar-refractivity contribution in [1.29, 1.82) is 0 Å². The highest BCUT2D eigenvalue weighted by atomic mass is 35.5. The Balaban J connectivity index is 1.89. The van der Waals surface area contributed by atoms with Gasteiger partial charge in [0.15, 0.2) is 0 Å². The van der Waals surface area contributed by atoms with Crippen LogP contribution in [0.2, 0.25) is 0 Å². The minimum atomic E-state index is 0.399. The van der Waals surface area contributed by atoms with E-state index in [-0.39, 0.29) is 0 Å². The minimum absolute atomic E-state index is 0.399. The van der Waals surface area contributed by atoms with Crippen LogP contribution in [-0.2, 0) is 6.54 Å². The van der Waals surface area contributed by atoms with E-state index in [1.165, 1.54) is 0 Å². The molecule has 0 radical (unpaired) electrons. The van der Waals surface area contributed by atoms with E-state index in [9.17, 15) is 0 Å². The third-order valence-corrected chi connectivity index (χ3v) is 4.01. The zero-order chi connectivity index (χ0) is 13.1. The normalized spacial score (nSPS) is 22.7. The SMILES string of the molecule is COc1c(C)cnc(CNCC2CC(Cl)C2)c1C. The van der Waals surface area contributed by atoms with Gasteiger partial charge in [0.1, 0.15) is 5.75 Å². The van der Waals surface area contributed by atoms with Gasteiger partial charge in [-0.25, -0.2) is 0 Å². The van der Waals surface area contributed by atoms with Crippen LogP contribution in [-0.4, -0.2) is 24.0 Å². The predicted molar refractivity (Wildman–Crippen MR) is 74.3 cm³/mol. The number of ether oxygens (including phenoxy) is 1. The van der Waals surface area contributed by atoms with Gasteiger partial charge < -0.3 is 10.1 Å². The Hall–Kier alpha value is -0.800. The van der Waals surface area contributed by atoms with Crippen molar-refractivity contribution in [3.05, 3.63) is 23.0 Å². The number of aromatic nitrogens is 1. The van der Waals surface area contributed by atoms with Gasteiger partial charge in [-0.15, -0.1) is 11.6 Å². The van der Waals surface area contributed by atoms with Crippen molar-refractivity contribution in [3.8, 4) is 5.75 Å². The van der Waals surface area contributed by atoms with E-state index in [0.29, 0.717) is 5.38 Å². The largest absolute Gasteiger partial charge is 0.496 e. The van der Waals surface area contributed by atoms with Crippen molar-refractivity contribution in [2.24, 2.45) is 5.92 Å². The number of methoxy groups -OCH3 is 1. The molecule has 0 spiro atoms. The average molecular weight is 269 g/mol. The molecule has 0 aliphatic heterocycles. The summed E-state index contributed by atoms with van der Waals surface area (Å²) in [5.41, 5.74) is 3.29. The molecule has 100 valence electrons. The third-order valence-electron chi connectivity index (χ3n) is 3.65. The number of hydrogen-bond acceptors (Lipinski definition) is 3. The Labute approximate surface area is 114 Å². The maximum absolute atomic E-state index is 5.97. The number of rotatable bonds is 5. The van der Waals surface area contributed by atoms with E-state index in [0.717, 1.165) is 54.4 Å². The van der Waals surface area contributed by atoms with Crippen molar-refractivity contribution >= 4 is 11.6 Å². The van der Waals surface area contributed by atoms with E-state index >= 15 is 0 Å². The molecular formula is C14H21ClN2O. The maximum Gasteiger partial charge on any atom is 0.128 e. The Kier molecular flexibility index (Phi) is 4.46. The smallest absolute Gasteiger partial charge is 0.128 e. The van der Waals surface area contributed by atoms with Gasteiger partial charge in [0.2, 0.25) is 0 Å². The van der Waals surface area contributed by atoms with Gasteiger partial charge in [-0.05, 0) is 39.2 Å². The van der Waals surface area contributed by atoms with Crippen LogP contribution in [0.5, 0.6) is 5.75 Å². The van der Waals surface area contributed by atoms with Gasteiger partial charge in [-0.1, -0.05) is 0 Å². The summed E-state index contributed by atoms with van der Waals surface area (Å²) in [6.45, 7) is 5.91. The van der Waals surface area contributed by atoms with Crippen molar-refractivity contribution in [2.75, 3.05) is 13.7 Å². The standard InChI is InChI=1S/C14H21ClN2O/c1-9-6-17-13(10(2)14(9)18-3)8-16-7-11-4-12(15)5-11/h6,11-12,16H,4-5,7-8H2,1-3H3.